The topological polar surface area (TPSA) is 29.5 Å². The number of ether oxygens (including phenoxy) is 1. The van der Waals surface area contributed by atoms with Crippen molar-refractivity contribution in [2.24, 2.45) is 5.41 Å². The minimum Gasteiger partial charge on any atom is -0.354 e. The van der Waals surface area contributed by atoms with E-state index in [1.165, 1.54) is 0 Å². The fraction of sp³-hybridized carbons (Fsp3) is 1.00. The Balaban J connectivity index is 3.20. The zero-order chi connectivity index (χ0) is 12.1. The average molecular weight is 234 g/mol. The molecule has 1 heterocycles. The molecule has 90 valence electrons. The van der Waals surface area contributed by atoms with Crippen molar-refractivity contribution >= 4 is 0 Å². The SMILES string of the molecule is CC1(C)CCOC(O)(C(F)(F)F)C1(F)F. The van der Waals surface area contributed by atoms with E-state index in [2.05, 4.69) is 4.74 Å². The highest BCUT2D eigenvalue weighted by Crippen LogP contribution is 2.55. The van der Waals surface area contributed by atoms with E-state index in [-0.39, 0.29) is 6.42 Å². The molecule has 7 heteroatoms. The minimum absolute atomic E-state index is 0.252. The summed E-state index contributed by atoms with van der Waals surface area (Å²) in [7, 11) is 0. The van der Waals surface area contributed by atoms with Crippen LogP contribution in [0.1, 0.15) is 20.3 Å². The third-order valence-electron chi connectivity index (χ3n) is 2.70. The van der Waals surface area contributed by atoms with E-state index in [1.54, 1.807) is 0 Å². The van der Waals surface area contributed by atoms with Crippen LogP contribution in [-0.2, 0) is 4.74 Å². The summed E-state index contributed by atoms with van der Waals surface area (Å²) in [4.78, 5) is 0. The van der Waals surface area contributed by atoms with Gasteiger partial charge in [-0.2, -0.15) is 22.0 Å². The first-order chi connectivity index (χ1) is 6.46. The van der Waals surface area contributed by atoms with Crippen molar-refractivity contribution in [1.82, 2.24) is 0 Å². The summed E-state index contributed by atoms with van der Waals surface area (Å²) in [6, 6.07) is 0. The van der Waals surface area contributed by atoms with Crippen LogP contribution in [0, 0.1) is 5.41 Å². The lowest BCUT2D eigenvalue weighted by molar-refractivity contribution is -0.463. The Kier molecular flexibility index (Phi) is 2.56. The van der Waals surface area contributed by atoms with E-state index < -0.39 is 29.9 Å². The van der Waals surface area contributed by atoms with Crippen LogP contribution in [0.25, 0.3) is 0 Å². The first-order valence-electron chi connectivity index (χ1n) is 4.26. The Labute approximate surface area is 83.0 Å². The molecule has 0 aliphatic carbocycles. The summed E-state index contributed by atoms with van der Waals surface area (Å²) in [6.45, 7) is 1.37. The molecule has 1 saturated heterocycles. The Hall–Kier alpha value is -0.430. The number of halogens is 5. The minimum atomic E-state index is -5.52. The molecule has 1 aliphatic rings. The molecule has 2 nitrogen and oxygen atoms in total. The summed E-state index contributed by atoms with van der Waals surface area (Å²) < 4.78 is 67.7. The van der Waals surface area contributed by atoms with Crippen molar-refractivity contribution in [2.45, 2.75) is 38.2 Å². The Morgan fingerprint density at radius 1 is 1.20 bits per heavy atom. The Bertz CT molecular complexity index is 260. The van der Waals surface area contributed by atoms with Crippen molar-refractivity contribution in [3.05, 3.63) is 0 Å². The summed E-state index contributed by atoms with van der Waals surface area (Å²) in [5.74, 6) is -8.77. The number of hydrogen-bond donors (Lipinski definition) is 1. The van der Waals surface area contributed by atoms with Gasteiger partial charge in [-0.25, -0.2) is 0 Å². The molecule has 15 heavy (non-hydrogen) atoms. The molecule has 1 N–H and O–H groups in total. The molecule has 0 radical (unpaired) electrons. The van der Waals surface area contributed by atoms with Crippen LogP contribution in [0.15, 0.2) is 0 Å². The van der Waals surface area contributed by atoms with Crippen LogP contribution in [-0.4, -0.2) is 29.6 Å². The van der Waals surface area contributed by atoms with Gasteiger partial charge in [-0.15, -0.1) is 0 Å². The highest BCUT2D eigenvalue weighted by molar-refractivity contribution is 5.03. The third-order valence-corrected chi connectivity index (χ3v) is 2.70. The summed E-state index contributed by atoms with van der Waals surface area (Å²) in [5.41, 5.74) is -1.96. The van der Waals surface area contributed by atoms with Crippen molar-refractivity contribution in [1.29, 1.82) is 0 Å². The van der Waals surface area contributed by atoms with Crippen LogP contribution >= 0.6 is 0 Å². The lowest BCUT2D eigenvalue weighted by Gasteiger charge is -2.48. The quantitative estimate of drug-likeness (QED) is 0.652. The third kappa shape index (κ3) is 1.52. The number of hydrogen-bond acceptors (Lipinski definition) is 2. The second-order valence-corrected chi connectivity index (χ2v) is 4.20. The van der Waals surface area contributed by atoms with Gasteiger partial charge in [0.1, 0.15) is 0 Å². The molecular weight excluding hydrogens is 223 g/mol. The highest BCUT2D eigenvalue weighted by Gasteiger charge is 2.76. The lowest BCUT2D eigenvalue weighted by Crippen LogP contribution is -2.68. The van der Waals surface area contributed by atoms with Gasteiger partial charge in [-0.1, -0.05) is 13.8 Å². The first-order valence-corrected chi connectivity index (χ1v) is 4.26. The predicted octanol–water partition coefficient (Wildman–Crippen LogP) is 2.32. The molecule has 1 rings (SSSR count). The zero-order valence-electron chi connectivity index (χ0n) is 8.16. The van der Waals surface area contributed by atoms with Crippen molar-refractivity contribution < 1.29 is 31.8 Å². The monoisotopic (exact) mass is 234 g/mol. The summed E-state index contributed by atoms with van der Waals surface area (Å²) in [5, 5.41) is 8.97. The molecule has 1 unspecified atom stereocenters. The van der Waals surface area contributed by atoms with Gasteiger partial charge in [0.2, 0.25) is 0 Å². The fourth-order valence-electron chi connectivity index (χ4n) is 1.42. The summed E-state index contributed by atoms with van der Waals surface area (Å²) >= 11 is 0. The lowest BCUT2D eigenvalue weighted by atomic mass is 9.76. The molecule has 1 aliphatic heterocycles. The van der Waals surface area contributed by atoms with Crippen LogP contribution in [0.3, 0.4) is 0 Å². The summed E-state index contributed by atoms with van der Waals surface area (Å²) in [6.07, 6.45) is -5.77. The molecular formula is C8H11F5O2. The normalized spacial score (nSPS) is 35.2. The molecule has 0 bridgehead atoms. The van der Waals surface area contributed by atoms with Crippen LogP contribution in [0.2, 0.25) is 0 Å². The van der Waals surface area contributed by atoms with Crippen LogP contribution in [0.5, 0.6) is 0 Å². The second-order valence-electron chi connectivity index (χ2n) is 4.20. The van der Waals surface area contributed by atoms with E-state index in [0.29, 0.717) is 0 Å². The number of alkyl halides is 5. The van der Waals surface area contributed by atoms with Crippen LogP contribution in [0.4, 0.5) is 22.0 Å². The van der Waals surface area contributed by atoms with Crippen molar-refractivity contribution in [2.75, 3.05) is 6.61 Å². The number of aliphatic hydroxyl groups is 1. The van der Waals surface area contributed by atoms with Gasteiger partial charge in [0.25, 0.3) is 0 Å². The molecule has 0 aromatic heterocycles. The Morgan fingerprint density at radius 3 is 2.00 bits per heavy atom. The maximum absolute atomic E-state index is 13.4. The number of rotatable bonds is 0. The molecule has 1 fully saturated rings. The molecule has 0 amide bonds. The standard InChI is InChI=1S/C8H11F5O2/c1-5(2)3-4-15-7(14,6(5,9)10)8(11,12)13/h14H,3-4H2,1-2H3. The van der Waals surface area contributed by atoms with Gasteiger partial charge >= 0.3 is 17.9 Å². The van der Waals surface area contributed by atoms with E-state index in [1.807, 2.05) is 0 Å². The Morgan fingerprint density at radius 2 is 1.67 bits per heavy atom. The van der Waals surface area contributed by atoms with Crippen molar-refractivity contribution in [3.63, 3.8) is 0 Å². The maximum Gasteiger partial charge on any atom is 0.449 e. The van der Waals surface area contributed by atoms with Gasteiger partial charge in [-0.3, -0.25) is 0 Å². The maximum atomic E-state index is 13.4. The zero-order valence-corrected chi connectivity index (χ0v) is 8.16. The van der Waals surface area contributed by atoms with Gasteiger partial charge in [0.15, 0.2) is 0 Å². The van der Waals surface area contributed by atoms with E-state index in [4.69, 9.17) is 5.11 Å². The second kappa shape index (κ2) is 3.04. The molecule has 0 spiro atoms. The van der Waals surface area contributed by atoms with Gasteiger partial charge in [0.05, 0.1) is 6.61 Å². The van der Waals surface area contributed by atoms with E-state index >= 15 is 0 Å². The average Bonchev–Trinajstić information content (AvgIpc) is 1.98. The van der Waals surface area contributed by atoms with Gasteiger partial charge in [-0.05, 0) is 6.42 Å². The molecule has 0 aromatic rings. The molecule has 0 aromatic carbocycles. The van der Waals surface area contributed by atoms with E-state index in [0.717, 1.165) is 13.8 Å². The smallest absolute Gasteiger partial charge is 0.354 e. The molecule has 1 atom stereocenters. The van der Waals surface area contributed by atoms with E-state index in [9.17, 15) is 22.0 Å². The first kappa shape index (κ1) is 12.6. The highest BCUT2D eigenvalue weighted by atomic mass is 19.4. The van der Waals surface area contributed by atoms with Gasteiger partial charge in [0, 0.05) is 5.41 Å². The van der Waals surface area contributed by atoms with Gasteiger partial charge < -0.3 is 9.84 Å². The predicted molar refractivity (Wildman–Crippen MR) is 40.3 cm³/mol. The fourth-order valence-corrected chi connectivity index (χ4v) is 1.42. The largest absolute Gasteiger partial charge is 0.449 e. The van der Waals surface area contributed by atoms with Crippen molar-refractivity contribution in [3.8, 4) is 0 Å². The molecule has 0 saturated carbocycles. The van der Waals surface area contributed by atoms with Crippen LogP contribution < -0.4 is 0 Å².